The molecule has 0 fully saturated rings. The Bertz CT molecular complexity index is 162. The first-order valence-electron chi connectivity index (χ1n) is 5.05. The van der Waals surface area contributed by atoms with Gasteiger partial charge in [-0.1, -0.05) is 12.1 Å². The number of aliphatic hydroxyl groups excluding tert-OH is 1. The van der Waals surface area contributed by atoms with E-state index in [1.807, 2.05) is 6.92 Å². The van der Waals surface area contributed by atoms with Gasteiger partial charge in [0.2, 0.25) is 0 Å². The van der Waals surface area contributed by atoms with Crippen molar-refractivity contribution in [1.29, 1.82) is 0 Å². The number of oxime groups is 1. The predicted molar refractivity (Wildman–Crippen MR) is 56.4 cm³/mol. The Balaban J connectivity index is 3.14. The van der Waals surface area contributed by atoms with Crippen LogP contribution in [-0.2, 0) is 0 Å². The number of amidine groups is 1. The van der Waals surface area contributed by atoms with Crippen molar-refractivity contribution in [3.8, 4) is 0 Å². The second kappa shape index (κ2) is 8.77. The average Bonchev–Trinajstić information content (AvgIpc) is 2.22. The maximum absolute atomic E-state index is 9.23. The topological polar surface area (TPSA) is 90.9 Å². The van der Waals surface area contributed by atoms with Gasteiger partial charge in [-0.2, -0.15) is 0 Å². The molecule has 0 amide bonds. The van der Waals surface area contributed by atoms with Crippen LogP contribution in [0.15, 0.2) is 5.16 Å². The fraction of sp³-hybridized carbons (Fsp3) is 0.889. The van der Waals surface area contributed by atoms with E-state index in [1.54, 1.807) is 0 Å². The van der Waals surface area contributed by atoms with Crippen molar-refractivity contribution in [2.24, 2.45) is 10.9 Å². The van der Waals surface area contributed by atoms with Gasteiger partial charge in [-0.3, -0.25) is 0 Å². The Morgan fingerprint density at radius 1 is 1.50 bits per heavy atom. The molecule has 0 spiro atoms. The number of hydrogen-bond acceptors (Lipinski definition) is 4. The standard InChI is InChI=1S/C9H21N3O2/c1-2-8(13)5-7-11-6-3-4-9(10)12-14/h8,11,13-14H,2-7H2,1H3,(H2,10,12). The van der Waals surface area contributed by atoms with Crippen molar-refractivity contribution in [3.63, 3.8) is 0 Å². The van der Waals surface area contributed by atoms with Crippen molar-refractivity contribution >= 4 is 5.84 Å². The van der Waals surface area contributed by atoms with Crippen molar-refractivity contribution in [2.45, 2.75) is 38.7 Å². The van der Waals surface area contributed by atoms with Gasteiger partial charge in [0.1, 0.15) is 5.84 Å². The van der Waals surface area contributed by atoms with Gasteiger partial charge in [0.25, 0.3) is 0 Å². The van der Waals surface area contributed by atoms with Gasteiger partial charge >= 0.3 is 0 Å². The first kappa shape index (κ1) is 13.2. The quantitative estimate of drug-likeness (QED) is 0.150. The lowest BCUT2D eigenvalue weighted by Crippen LogP contribution is -2.22. The maximum Gasteiger partial charge on any atom is 0.139 e. The SMILES string of the molecule is CCC(O)CCNCCCC(N)=NO. The highest BCUT2D eigenvalue weighted by Crippen LogP contribution is 1.94. The van der Waals surface area contributed by atoms with Crippen molar-refractivity contribution in [3.05, 3.63) is 0 Å². The molecule has 0 aromatic heterocycles. The van der Waals surface area contributed by atoms with Gasteiger partial charge in [0.05, 0.1) is 6.10 Å². The summed E-state index contributed by atoms with van der Waals surface area (Å²) in [6, 6.07) is 0. The molecule has 5 nitrogen and oxygen atoms in total. The molecule has 0 radical (unpaired) electrons. The fourth-order valence-electron chi connectivity index (χ4n) is 1.04. The van der Waals surface area contributed by atoms with Crippen LogP contribution in [0.25, 0.3) is 0 Å². The highest BCUT2D eigenvalue weighted by Gasteiger charge is 1.99. The molecule has 0 bridgehead atoms. The van der Waals surface area contributed by atoms with Crippen LogP contribution < -0.4 is 11.1 Å². The molecule has 84 valence electrons. The lowest BCUT2D eigenvalue weighted by molar-refractivity contribution is 0.160. The monoisotopic (exact) mass is 203 g/mol. The largest absolute Gasteiger partial charge is 0.409 e. The molecular weight excluding hydrogens is 182 g/mol. The third-order valence-electron chi connectivity index (χ3n) is 2.04. The number of aliphatic hydroxyl groups is 1. The summed E-state index contributed by atoms with van der Waals surface area (Å²) in [4.78, 5) is 0. The van der Waals surface area contributed by atoms with E-state index < -0.39 is 0 Å². The Morgan fingerprint density at radius 3 is 2.79 bits per heavy atom. The summed E-state index contributed by atoms with van der Waals surface area (Å²) in [5.74, 6) is 0.264. The molecule has 5 N–H and O–H groups in total. The van der Waals surface area contributed by atoms with Crippen LogP contribution in [0.4, 0.5) is 0 Å². The van der Waals surface area contributed by atoms with Crippen LogP contribution >= 0.6 is 0 Å². The molecule has 0 saturated carbocycles. The van der Waals surface area contributed by atoms with Crippen molar-refractivity contribution in [2.75, 3.05) is 13.1 Å². The second-order valence-corrected chi connectivity index (χ2v) is 3.30. The van der Waals surface area contributed by atoms with E-state index in [-0.39, 0.29) is 11.9 Å². The van der Waals surface area contributed by atoms with Crippen molar-refractivity contribution < 1.29 is 10.3 Å². The molecule has 5 heteroatoms. The van der Waals surface area contributed by atoms with Crippen molar-refractivity contribution in [1.82, 2.24) is 5.32 Å². The molecule has 0 aliphatic rings. The molecule has 0 rings (SSSR count). The minimum absolute atomic E-state index is 0.202. The molecular formula is C9H21N3O2. The minimum atomic E-state index is -0.202. The third kappa shape index (κ3) is 7.82. The molecule has 0 aliphatic heterocycles. The number of nitrogens with two attached hydrogens (primary N) is 1. The van der Waals surface area contributed by atoms with Crippen LogP contribution in [0, 0.1) is 0 Å². The summed E-state index contributed by atoms with van der Waals surface area (Å²) in [7, 11) is 0. The summed E-state index contributed by atoms with van der Waals surface area (Å²) >= 11 is 0. The lowest BCUT2D eigenvalue weighted by atomic mass is 10.2. The van der Waals surface area contributed by atoms with Crippen LogP contribution in [0.1, 0.15) is 32.6 Å². The Morgan fingerprint density at radius 2 is 2.21 bits per heavy atom. The number of hydrogen-bond donors (Lipinski definition) is 4. The van der Waals surface area contributed by atoms with Gasteiger partial charge < -0.3 is 21.4 Å². The lowest BCUT2D eigenvalue weighted by Gasteiger charge is -2.08. The average molecular weight is 203 g/mol. The fourth-order valence-corrected chi connectivity index (χ4v) is 1.04. The molecule has 0 aromatic rings. The summed E-state index contributed by atoms with van der Waals surface area (Å²) in [6.45, 7) is 3.60. The van der Waals surface area contributed by atoms with Crippen LogP contribution in [0.3, 0.4) is 0 Å². The van der Waals surface area contributed by atoms with Gasteiger partial charge in [0, 0.05) is 6.42 Å². The highest BCUT2D eigenvalue weighted by molar-refractivity contribution is 5.79. The van der Waals surface area contributed by atoms with Gasteiger partial charge in [-0.05, 0) is 32.4 Å². The van der Waals surface area contributed by atoms with E-state index in [9.17, 15) is 5.11 Å². The molecule has 0 aliphatic carbocycles. The smallest absolute Gasteiger partial charge is 0.139 e. The zero-order valence-electron chi connectivity index (χ0n) is 8.74. The third-order valence-corrected chi connectivity index (χ3v) is 2.04. The van der Waals surface area contributed by atoms with E-state index in [0.717, 1.165) is 32.4 Å². The molecule has 0 heterocycles. The van der Waals surface area contributed by atoms with Gasteiger partial charge in [0.15, 0.2) is 0 Å². The molecule has 0 aromatic carbocycles. The van der Waals surface area contributed by atoms with E-state index in [1.165, 1.54) is 0 Å². The molecule has 1 unspecified atom stereocenters. The molecule has 14 heavy (non-hydrogen) atoms. The molecule has 1 atom stereocenters. The Kier molecular flexibility index (Phi) is 8.27. The first-order valence-corrected chi connectivity index (χ1v) is 5.05. The highest BCUT2D eigenvalue weighted by atomic mass is 16.4. The summed E-state index contributed by atoms with van der Waals surface area (Å²) in [5.41, 5.74) is 5.29. The van der Waals surface area contributed by atoms with E-state index >= 15 is 0 Å². The summed E-state index contributed by atoms with van der Waals surface area (Å²) in [5, 5.41) is 23.5. The van der Waals surface area contributed by atoms with E-state index in [2.05, 4.69) is 10.5 Å². The normalized spacial score (nSPS) is 14.3. The number of nitrogens with one attached hydrogen (secondary N) is 1. The first-order chi connectivity index (χ1) is 6.70. The van der Waals surface area contributed by atoms with Crippen LogP contribution in [0.5, 0.6) is 0 Å². The predicted octanol–water partition coefficient (Wildman–Crippen LogP) is 0.264. The van der Waals surface area contributed by atoms with Gasteiger partial charge in [-0.25, -0.2) is 0 Å². The van der Waals surface area contributed by atoms with Crippen LogP contribution in [0.2, 0.25) is 0 Å². The van der Waals surface area contributed by atoms with E-state index in [4.69, 9.17) is 10.9 Å². The number of nitrogens with zero attached hydrogens (tertiary/aromatic N) is 1. The number of rotatable bonds is 8. The van der Waals surface area contributed by atoms with Gasteiger partial charge in [-0.15, -0.1) is 0 Å². The van der Waals surface area contributed by atoms with E-state index in [0.29, 0.717) is 6.42 Å². The zero-order chi connectivity index (χ0) is 10.8. The second-order valence-electron chi connectivity index (χ2n) is 3.30. The minimum Gasteiger partial charge on any atom is -0.409 e. The summed E-state index contributed by atoms with van der Waals surface area (Å²) in [6.07, 6.45) is 2.82. The molecule has 0 saturated heterocycles. The maximum atomic E-state index is 9.23. The zero-order valence-corrected chi connectivity index (χ0v) is 8.74. The van der Waals surface area contributed by atoms with Crippen LogP contribution in [-0.4, -0.2) is 35.3 Å². The Labute approximate surface area is 85.0 Å². The summed E-state index contributed by atoms with van der Waals surface area (Å²) < 4.78 is 0. The Hall–Kier alpha value is -0.810.